The first-order chi connectivity index (χ1) is 7.61. The molecule has 0 spiro atoms. The molecule has 0 aliphatic carbocycles. The van der Waals surface area contributed by atoms with Gasteiger partial charge in [0.25, 0.3) is 5.97 Å². The third-order valence-corrected chi connectivity index (χ3v) is 2.92. The van der Waals surface area contributed by atoms with Crippen molar-refractivity contribution in [1.82, 2.24) is 4.90 Å². The summed E-state index contributed by atoms with van der Waals surface area (Å²) in [6.07, 6.45) is 8.40. The van der Waals surface area contributed by atoms with E-state index >= 15 is 0 Å². The van der Waals surface area contributed by atoms with Gasteiger partial charge in [-0.15, -0.1) is 0 Å². The molecule has 0 bridgehead atoms. The highest BCUT2D eigenvalue weighted by molar-refractivity contribution is 5.62. The third-order valence-electron chi connectivity index (χ3n) is 2.92. The van der Waals surface area contributed by atoms with E-state index in [0.717, 1.165) is 13.0 Å². The van der Waals surface area contributed by atoms with Crippen molar-refractivity contribution >= 4 is 5.97 Å². The summed E-state index contributed by atoms with van der Waals surface area (Å²) in [5.74, 6) is -0.833. The van der Waals surface area contributed by atoms with Crippen LogP contribution in [0.2, 0.25) is 0 Å². The zero-order valence-corrected chi connectivity index (χ0v) is 11.0. The van der Waals surface area contributed by atoms with Crippen molar-refractivity contribution in [2.24, 2.45) is 0 Å². The number of hydrogen-bond acceptors (Lipinski definition) is 2. The summed E-state index contributed by atoms with van der Waals surface area (Å²) in [7, 11) is 0. The van der Waals surface area contributed by atoms with E-state index in [1.807, 2.05) is 0 Å². The predicted molar refractivity (Wildman–Crippen MR) is 67.7 cm³/mol. The minimum absolute atomic E-state index is 0.833. The molecule has 16 heavy (non-hydrogen) atoms. The maximum atomic E-state index is 9.00. The number of nitrogens with zero attached hydrogens (tertiary/aromatic N) is 1. The molecule has 0 aromatic rings. The van der Waals surface area contributed by atoms with Gasteiger partial charge >= 0.3 is 0 Å². The van der Waals surface area contributed by atoms with Crippen molar-refractivity contribution in [3.63, 3.8) is 0 Å². The van der Waals surface area contributed by atoms with Crippen LogP contribution < -0.4 is 0 Å². The highest BCUT2D eigenvalue weighted by Gasteiger charge is 2.22. The van der Waals surface area contributed by atoms with Crippen LogP contribution in [0.25, 0.3) is 0 Å². The molecule has 1 N–H and O–H groups in total. The van der Waals surface area contributed by atoms with E-state index in [0.29, 0.717) is 0 Å². The number of likely N-dealkylation sites (tertiary alicyclic amines) is 1. The van der Waals surface area contributed by atoms with Gasteiger partial charge in [0.15, 0.2) is 0 Å². The van der Waals surface area contributed by atoms with E-state index in [4.69, 9.17) is 9.90 Å². The summed E-state index contributed by atoms with van der Waals surface area (Å²) in [6.45, 7) is 8.38. The van der Waals surface area contributed by atoms with Crippen LogP contribution in [0.5, 0.6) is 0 Å². The van der Waals surface area contributed by atoms with E-state index < -0.39 is 5.97 Å². The van der Waals surface area contributed by atoms with Gasteiger partial charge < -0.3 is 10.0 Å². The summed E-state index contributed by atoms with van der Waals surface area (Å²) in [4.78, 5) is 11.7. The van der Waals surface area contributed by atoms with Crippen LogP contribution in [0.4, 0.5) is 0 Å². The Morgan fingerprint density at radius 2 is 2.00 bits per heavy atom. The first kappa shape index (κ1) is 15.4. The zero-order chi connectivity index (χ0) is 12.4. The molecule has 0 aromatic heterocycles. The van der Waals surface area contributed by atoms with Crippen LogP contribution in [-0.4, -0.2) is 35.1 Å². The van der Waals surface area contributed by atoms with Gasteiger partial charge in [-0.3, -0.25) is 4.79 Å². The topological polar surface area (TPSA) is 40.5 Å². The predicted octanol–water partition coefficient (Wildman–Crippen LogP) is 3.14. The zero-order valence-electron chi connectivity index (χ0n) is 11.0. The quantitative estimate of drug-likeness (QED) is 0.787. The Hall–Kier alpha value is -0.570. The van der Waals surface area contributed by atoms with Crippen LogP contribution in [0, 0.1) is 0 Å². The average Bonchev–Trinajstić information content (AvgIpc) is 2.62. The van der Waals surface area contributed by atoms with E-state index in [2.05, 4.69) is 18.7 Å². The number of rotatable bonds is 5. The molecule has 0 radical (unpaired) electrons. The van der Waals surface area contributed by atoms with Crippen LogP contribution in [0.3, 0.4) is 0 Å². The lowest BCUT2D eigenvalue weighted by molar-refractivity contribution is -0.134. The summed E-state index contributed by atoms with van der Waals surface area (Å²) >= 11 is 0. The van der Waals surface area contributed by atoms with Crippen molar-refractivity contribution in [2.75, 3.05) is 13.1 Å². The molecule has 0 aromatic carbocycles. The fourth-order valence-electron chi connectivity index (χ4n) is 2.21. The number of carboxylic acid groups (broad SMARTS) is 1. The number of unbranched alkanes of at least 4 members (excludes halogenated alkanes) is 1. The molecule has 3 heteroatoms. The standard InChI is InChI=1S/C11H23N.C2H4O2/c1-3-5-9-12-10-6-8-11(12)7-4-2;1-2(3)4/h11H,3-10H2,1-2H3;1H3,(H,3,4). The molecule has 3 nitrogen and oxygen atoms in total. The second-order valence-corrected chi connectivity index (χ2v) is 4.49. The SMILES string of the molecule is CC(=O)O.CCCCN1CCCC1CCC. The Bertz CT molecular complexity index is 179. The largest absolute Gasteiger partial charge is 0.481 e. The summed E-state index contributed by atoms with van der Waals surface area (Å²) < 4.78 is 0. The van der Waals surface area contributed by atoms with Crippen LogP contribution in [0.15, 0.2) is 0 Å². The van der Waals surface area contributed by atoms with Crippen LogP contribution >= 0.6 is 0 Å². The van der Waals surface area contributed by atoms with Crippen molar-refractivity contribution in [1.29, 1.82) is 0 Å². The van der Waals surface area contributed by atoms with Gasteiger partial charge in [0.2, 0.25) is 0 Å². The first-order valence-corrected chi connectivity index (χ1v) is 6.55. The Morgan fingerprint density at radius 3 is 2.50 bits per heavy atom. The smallest absolute Gasteiger partial charge is 0.300 e. The molecule has 1 rings (SSSR count). The van der Waals surface area contributed by atoms with Crippen molar-refractivity contribution in [3.05, 3.63) is 0 Å². The Labute approximate surface area is 99.8 Å². The van der Waals surface area contributed by atoms with Gasteiger partial charge in [0.05, 0.1) is 0 Å². The first-order valence-electron chi connectivity index (χ1n) is 6.55. The number of aliphatic carboxylic acids is 1. The highest BCUT2D eigenvalue weighted by Crippen LogP contribution is 2.21. The molecule has 1 saturated heterocycles. The third kappa shape index (κ3) is 7.69. The van der Waals surface area contributed by atoms with Crippen LogP contribution in [0.1, 0.15) is 59.3 Å². The average molecular weight is 229 g/mol. The fourth-order valence-corrected chi connectivity index (χ4v) is 2.21. The van der Waals surface area contributed by atoms with Crippen molar-refractivity contribution in [2.45, 2.75) is 65.3 Å². The summed E-state index contributed by atoms with van der Waals surface area (Å²) in [5, 5.41) is 7.42. The summed E-state index contributed by atoms with van der Waals surface area (Å²) in [5.41, 5.74) is 0. The lowest BCUT2D eigenvalue weighted by atomic mass is 10.1. The molecule has 0 saturated carbocycles. The van der Waals surface area contributed by atoms with Gasteiger partial charge in [0.1, 0.15) is 0 Å². The van der Waals surface area contributed by atoms with E-state index in [1.165, 1.54) is 51.6 Å². The second kappa shape index (κ2) is 9.64. The lowest BCUT2D eigenvalue weighted by Gasteiger charge is -2.23. The van der Waals surface area contributed by atoms with Crippen LogP contribution in [-0.2, 0) is 4.79 Å². The molecule has 1 heterocycles. The number of carboxylic acids is 1. The highest BCUT2D eigenvalue weighted by atomic mass is 16.4. The molecule has 1 fully saturated rings. The van der Waals surface area contributed by atoms with Crippen molar-refractivity contribution in [3.8, 4) is 0 Å². The van der Waals surface area contributed by atoms with Gasteiger partial charge in [-0.1, -0.05) is 26.7 Å². The second-order valence-electron chi connectivity index (χ2n) is 4.49. The van der Waals surface area contributed by atoms with E-state index in [1.54, 1.807) is 0 Å². The Balaban J connectivity index is 0.000000487. The molecule has 0 amide bonds. The molecule has 1 aliphatic heterocycles. The molecular weight excluding hydrogens is 202 g/mol. The molecule has 1 unspecified atom stereocenters. The van der Waals surface area contributed by atoms with Gasteiger partial charge in [-0.05, 0) is 38.8 Å². The molecular formula is C13H27NO2. The Kier molecular flexibility index (Phi) is 9.30. The normalized spacial score (nSPS) is 20.3. The maximum Gasteiger partial charge on any atom is 0.300 e. The molecule has 1 atom stereocenters. The Morgan fingerprint density at radius 1 is 1.38 bits per heavy atom. The summed E-state index contributed by atoms with van der Waals surface area (Å²) in [6, 6.07) is 0.932. The lowest BCUT2D eigenvalue weighted by Crippen LogP contribution is -2.30. The van der Waals surface area contributed by atoms with Gasteiger partial charge in [0, 0.05) is 13.0 Å². The fraction of sp³-hybridized carbons (Fsp3) is 0.923. The van der Waals surface area contributed by atoms with Crippen molar-refractivity contribution < 1.29 is 9.90 Å². The monoisotopic (exact) mass is 229 g/mol. The van der Waals surface area contributed by atoms with Gasteiger partial charge in [-0.25, -0.2) is 0 Å². The van der Waals surface area contributed by atoms with E-state index in [9.17, 15) is 0 Å². The van der Waals surface area contributed by atoms with Gasteiger partial charge in [-0.2, -0.15) is 0 Å². The molecule has 96 valence electrons. The minimum atomic E-state index is -0.833. The molecule has 1 aliphatic rings. The van der Waals surface area contributed by atoms with E-state index in [-0.39, 0.29) is 0 Å². The number of hydrogen-bond donors (Lipinski definition) is 1. The maximum absolute atomic E-state index is 9.00. The minimum Gasteiger partial charge on any atom is -0.481 e. The number of carbonyl (C=O) groups is 1.